The van der Waals surface area contributed by atoms with Crippen LogP contribution >= 0.6 is 0 Å². The zero-order valence-corrected chi connectivity index (χ0v) is 13.5. The van der Waals surface area contributed by atoms with E-state index in [2.05, 4.69) is 6.92 Å². The summed E-state index contributed by atoms with van der Waals surface area (Å²) in [5.74, 6) is 0.518. The van der Waals surface area contributed by atoms with Crippen LogP contribution in [0.1, 0.15) is 33.1 Å². The Bertz CT molecular complexity index is 459. The van der Waals surface area contributed by atoms with Gasteiger partial charge < -0.3 is 29.9 Å². The minimum absolute atomic E-state index is 0.0815. The van der Waals surface area contributed by atoms with Gasteiger partial charge >= 0.3 is 0 Å². The molecule has 2 aliphatic rings. The van der Waals surface area contributed by atoms with Crippen LogP contribution in [0.25, 0.3) is 0 Å². The maximum Gasteiger partial charge on any atom is 0.187 e. The van der Waals surface area contributed by atoms with Gasteiger partial charge in [-0.3, -0.25) is 4.79 Å². The molecule has 1 unspecified atom stereocenters. The van der Waals surface area contributed by atoms with Crippen molar-refractivity contribution in [3.05, 3.63) is 11.1 Å². The zero-order chi connectivity index (χ0) is 17.1. The molecular formula is C16H26O7. The standard InChI is InChI=1S/C16H26O7/c1-8-3-4-10(11(18)5-8)9(2)7-22-16-15(21)14(20)13(19)12(6-17)23-16/h8,12-17,19-21H,3-7H2,1-2H3/b10-9+/t8-,12+,13+,14-,15+,16?/m1/s1. The van der Waals surface area contributed by atoms with E-state index in [0.29, 0.717) is 18.8 Å². The third-order valence-corrected chi connectivity index (χ3v) is 4.59. The monoisotopic (exact) mass is 330 g/mol. The fourth-order valence-electron chi connectivity index (χ4n) is 3.02. The first-order chi connectivity index (χ1) is 10.8. The molecular weight excluding hydrogens is 304 g/mol. The van der Waals surface area contributed by atoms with Gasteiger partial charge in [0.05, 0.1) is 13.2 Å². The first-order valence-corrected chi connectivity index (χ1v) is 7.99. The lowest BCUT2D eigenvalue weighted by molar-refractivity contribution is -0.299. The molecule has 132 valence electrons. The molecule has 0 radical (unpaired) electrons. The average Bonchev–Trinajstić information content (AvgIpc) is 2.51. The lowest BCUT2D eigenvalue weighted by Gasteiger charge is -2.39. The van der Waals surface area contributed by atoms with Crippen molar-refractivity contribution in [1.82, 2.24) is 0 Å². The summed E-state index contributed by atoms with van der Waals surface area (Å²) >= 11 is 0. The van der Waals surface area contributed by atoms with Crippen LogP contribution in [0.3, 0.4) is 0 Å². The predicted octanol–water partition coefficient (Wildman–Crippen LogP) is -0.492. The number of carbonyl (C=O) groups is 1. The molecule has 0 aromatic rings. The van der Waals surface area contributed by atoms with Gasteiger partial charge in [0.15, 0.2) is 12.1 Å². The molecule has 1 aliphatic carbocycles. The molecule has 1 aliphatic heterocycles. The Kier molecular flexibility index (Phi) is 6.30. The number of hydrogen-bond donors (Lipinski definition) is 4. The SMILES string of the molecule is C/C(COC1O[C@@H](CO)[C@H](O)[C@@H](O)[C@@H]1O)=C1/CC[C@@H](C)CC1=O. The van der Waals surface area contributed by atoms with Crippen LogP contribution in [-0.4, -0.2) is 70.1 Å². The number of ether oxygens (including phenoxy) is 2. The van der Waals surface area contributed by atoms with Gasteiger partial charge in [-0.2, -0.15) is 0 Å². The van der Waals surface area contributed by atoms with Crippen molar-refractivity contribution in [3.8, 4) is 0 Å². The second-order valence-electron chi connectivity index (χ2n) is 6.54. The van der Waals surface area contributed by atoms with Gasteiger partial charge in [0.25, 0.3) is 0 Å². The van der Waals surface area contributed by atoms with Gasteiger partial charge in [-0.25, -0.2) is 0 Å². The van der Waals surface area contributed by atoms with Crippen molar-refractivity contribution in [3.63, 3.8) is 0 Å². The smallest absolute Gasteiger partial charge is 0.187 e. The van der Waals surface area contributed by atoms with E-state index in [4.69, 9.17) is 14.6 Å². The van der Waals surface area contributed by atoms with E-state index in [0.717, 1.165) is 17.6 Å². The van der Waals surface area contributed by atoms with Gasteiger partial charge in [-0.15, -0.1) is 0 Å². The van der Waals surface area contributed by atoms with Crippen LogP contribution in [0, 0.1) is 5.92 Å². The van der Waals surface area contributed by atoms with E-state index in [-0.39, 0.29) is 12.4 Å². The highest BCUT2D eigenvalue weighted by Crippen LogP contribution is 2.28. The molecule has 2 rings (SSSR count). The molecule has 0 spiro atoms. The quantitative estimate of drug-likeness (QED) is 0.514. The Labute approximate surface area is 135 Å². The van der Waals surface area contributed by atoms with E-state index in [9.17, 15) is 20.1 Å². The van der Waals surface area contributed by atoms with Gasteiger partial charge in [0.1, 0.15) is 24.4 Å². The molecule has 23 heavy (non-hydrogen) atoms. The first-order valence-electron chi connectivity index (χ1n) is 7.99. The second kappa shape index (κ2) is 7.83. The number of rotatable bonds is 4. The summed E-state index contributed by atoms with van der Waals surface area (Å²) in [4.78, 5) is 12.1. The van der Waals surface area contributed by atoms with E-state index in [1.165, 1.54) is 0 Å². The molecule has 1 heterocycles. The molecule has 7 nitrogen and oxygen atoms in total. The van der Waals surface area contributed by atoms with E-state index in [1.54, 1.807) is 6.92 Å². The molecule has 0 bridgehead atoms. The highest BCUT2D eigenvalue weighted by Gasteiger charge is 2.44. The molecule has 2 fully saturated rings. The van der Waals surface area contributed by atoms with Crippen LogP contribution in [0.4, 0.5) is 0 Å². The number of hydrogen-bond acceptors (Lipinski definition) is 7. The molecule has 0 aromatic heterocycles. The minimum Gasteiger partial charge on any atom is -0.394 e. The summed E-state index contributed by atoms with van der Waals surface area (Å²) in [7, 11) is 0. The summed E-state index contributed by atoms with van der Waals surface area (Å²) < 4.78 is 10.7. The van der Waals surface area contributed by atoms with Gasteiger partial charge in [0, 0.05) is 6.42 Å². The van der Waals surface area contributed by atoms with Crippen LogP contribution < -0.4 is 0 Å². The van der Waals surface area contributed by atoms with E-state index < -0.39 is 37.3 Å². The molecule has 7 heteroatoms. The summed E-state index contributed by atoms with van der Waals surface area (Å²) in [6.45, 7) is 3.43. The van der Waals surface area contributed by atoms with Gasteiger partial charge in [-0.05, 0) is 36.8 Å². The molecule has 4 N–H and O–H groups in total. The van der Waals surface area contributed by atoms with Crippen LogP contribution in [0.15, 0.2) is 11.1 Å². The highest BCUT2D eigenvalue weighted by atomic mass is 16.7. The Morgan fingerprint density at radius 3 is 2.57 bits per heavy atom. The topological polar surface area (TPSA) is 116 Å². The highest BCUT2D eigenvalue weighted by molar-refractivity contribution is 5.96. The van der Waals surface area contributed by atoms with Crippen molar-refractivity contribution in [2.45, 2.75) is 63.8 Å². The second-order valence-corrected chi connectivity index (χ2v) is 6.54. The average molecular weight is 330 g/mol. The number of ketones is 1. The number of carbonyl (C=O) groups excluding carboxylic acids is 1. The maximum absolute atomic E-state index is 12.1. The lowest BCUT2D eigenvalue weighted by Crippen LogP contribution is -2.59. The number of aliphatic hydroxyl groups excluding tert-OH is 4. The number of aliphatic hydroxyl groups is 4. The fraction of sp³-hybridized carbons (Fsp3) is 0.812. The summed E-state index contributed by atoms with van der Waals surface area (Å²) in [5.41, 5.74) is 1.53. The van der Waals surface area contributed by atoms with Crippen molar-refractivity contribution in [1.29, 1.82) is 0 Å². The molecule has 6 atom stereocenters. The Morgan fingerprint density at radius 1 is 1.26 bits per heavy atom. The minimum atomic E-state index is -1.46. The molecule has 1 saturated carbocycles. The summed E-state index contributed by atoms with van der Waals surface area (Å²) in [6.07, 6.45) is -4.25. The Morgan fingerprint density at radius 2 is 1.96 bits per heavy atom. The normalized spacial score (nSPS) is 41.0. The Hall–Kier alpha value is -0.830. The zero-order valence-electron chi connectivity index (χ0n) is 13.5. The van der Waals surface area contributed by atoms with Crippen LogP contribution in [-0.2, 0) is 14.3 Å². The largest absolute Gasteiger partial charge is 0.394 e. The maximum atomic E-state index is 12.1. The van der Waals surface area contributed by atoms with E-state index in [1.807, 2.05) is 0 Å². The predicted molar refractivity (Wildman–Crippen MR) is 80.4 cm³/mol. The van der Waals surface area contributed by atoms with Crippen molar-refractivity contribution >= 4 is 5.78 Å². The summed E-state index contributed by atoms with van der Waals surface area (Å²) in [6, 6.07) is 0. The summed E-state index contributed by atoms with van der Waals surface area (Å²) in [5, 5.41) is 38.5. The van der Waals surface area contributed by atoms with Crippen LogP contribution in [0.5, 0.6) is 0 Å². The molecule has 1 saturated heterocycles. The van der Waals surface area contributed by atoms with Crippen molar-refractivity contribution < 1.29 is 34.7 Å². The molecule has 0 amide bonds. The fourth-order valence-corrected chi connectivity index (χ4v) is 3.02. The third kappa shape index (κ3) is 4.17. The number of allylic oxidation sites excluding steroid dienone is 1. The first kappa shape index (κ1) is 18.5. The third-order valence-electron chi connectivity index (χ3n) is 4.59. The van der Waals surface area contributed by atoms with Crippen molar-refractivity contribution in [2.75, 3.05) is 13.2 Å². The molecule has 0 aromatic carbocycles. The van der Waals surface area contributed by atoms with Gasteiger partial charge in [-0.1, -0.05) is 6.92 Å². The number of Topliss-reactive ketones (excluding diaryl/α,β-unsaturated/α-hetero) is 1. The van der Waals surface area contributed by atoms with Crippen molar-refractivity contribution in [2.24, 2.45) is 5.92 Å². The lowest BCUT2D eigenvalue weighted by atomic mass is 9.84. The van der Waals surface area contributed by atoms with E-state index >= 15 is 0 Å². The van der Waals surface area contributed by atoms with Crippen LogP contribution in [0.2, 0.25) is 0 Å². The van der Waals surface area contributed by atoms with Gasteiger partial charge in [0.2, 0.25) is 0 Å². The Balaban J connectivity index is 1.98.